The third-order valence-electron chi connectivity index (χ3n) is 2.94. The summed E-state index contributed by atoms with van der Waals surface area (Å²) in [7, 11) is -3.19. The lowest BCUT2D eigenvalue weighted by molar-refractivity contribution is 0.582. The largest absolute Gasteiger partial charge is 0.304 e. The highest BCUT2D eigenvalue weighted by Gasteiger charge is 2.10. The number of nitrogens with zero attached hydrogens (tertiary/aromatic N) is 2. The van der Waals surface area contributed by atoms with Gasteiger partial charge in [0.05, 0.1) is 11.4 Å². The van der Waals surface area contributed by atoms with Gasteiger partial charge in [-0.15, -0.1) is 0 Å². The first-order valence-corrected chi connectivity index (χ1v) is 7.74. The molecule has 102 valence electrons. The highest BCUT2D eigenvalue weighted by Crippen LogP contribution is 2.16. The molecule has 1 aromatic heterocycles. The number of hydrogen-bond acceptors (Lipinski definition) is 3. The molecule has 19 heavy (non-hydrogen) atoms. The van der Waals surface area contributed by atoms with Crippen molar-refractivity contribution in [3.05, 3.63) is 48.0 Å². The summed E-state index contributed by atoms with van der Waals surface area (Å²) >= 11 is 0. The fourth-order valence-corrected chi connectivity index (χ4v) is 2.40. The van der Waals surface area contributed by atoms with E-state index in [4.69, 9.17) is 0 Å². The van der Waals surface area contributed by atoms with E-state index in [1.54, 1.807) is 13.1 Å². The molecule has 6 heteroatoms. The molecule has 1 N–H and O–H groups in total. The smallest absolute Gasteiger partial charge is 0.211 e. The zero-order chi connectivity index (χ0) is 13.9. The molecule has 0 saturated carbocycles. The Hall–Kier alpha value is -1.66. The molecule has 0 atom stereocenters. The van der Waals surface area contributed by atoms with E-state index in [0.29, 0.717) is 0 Å². The first-order chi connectivity index (χ1) is 9.03. The van der Waals surface area contributed by atoms with Crippen LogP contribution in [0.15, 0.2) is 36.7 Å². The normalized spacial score (nSPS) is 11.7. The Kier molecular flexibility index (Phi) is 4.01. The Morgan fingerprint density at radius 2 is 2.05 bits per heavy atom. The van der Waals surface area contributed by atoms with Crippen LogP contribution in [0.1, 0.15) is 18.3 Å². The molecule has 0 unspecified atom stereocenters. The van der Waals surface area contributed by atoms with Crippen LogP contribution in [0, 0.1) is 6.92 Å². The molecular formula is C13H17N3O2S. The number of para-hydroxylation sites is 1. The molecule has 0 aliphatic carbocycles. The molecular weight excluding hydrogens is 262 g/mol. The van der Waals surface area contributed by atoms with Crippen LogP contribution in [-0.4, -0.2) is 23.7 Å². The van der Waals surface area contributed by atoms with E-state index in [1.807, 2.05) is 42.0 Å². The number of imidazole rings is 1. The summed E-state index contributed by atoms with van der Waals surface area (Å²) in [6, 6.07) is 7.68. The monoisotopic (exact) mass is 279 g/mol. The molecule has 5 nitrogen and oxygen atoms in total. The highest BCUT2D eigenvalue weighted by atomic mass is 32.2. The van der Waals surface area contributed by atoms with Gasteiger partial charge < -0.3 is 4.57 Å². The van der Waals surface area contributed by atoms with Crippen LogP contribution >= 0.6 is 0 Å². The molecule has 0 radical (unpaired) electrons. The molecule has 1 heterocycles. The SMILES string of the molecule is CCS(=O)(=O)NCc1ccccc1-n1ccnc1C. The van der Waals surface area contributed by atoms with Gasteiger partial charge in [-0.3, -0.25) is 0 Å². The van der Waals surface area contributed by atoms with Crippen molar-refractivity contribution < 1.29 is 8.42 Å². The maximum absolute atomic E-state index is 11.5. The lowest BCUT2D eigenvalue weighted by Gasteiger charge is -2.12. The minimum absolute atomic E-state index is 0.0826. The Balaban J connectivity index is 2.30. The molecule has 0 saturated heterocycles. The summed E-state index contributed by atoms with van der Waals surface area (Å²) in [5.41, 5.74) is 1.86. The van der Waals surface area contributed by atoms with Gasteiger partial charge in [0, 0.05) is 18.9 Å². The zero-order valence-corrected chi connectivity index (χ0v) is 11.8. The van der Waals surface area contributed by atoms with Crippen molar-refractivity contribution in [3.8, 4) is 5.69 Å². The Morgan fingerprint density at radius 3 is 2.68 bits per heavy atom. The number of aromatic nitrogens is 2. The Morgan fingerprint density at radius 1 is 1.32 bits per heavy atom. The molecule has 0 aliphatic heterocycles. The number of benzene rings is 1. The molecule has 0 aliphatic rings. The van der Waals surface area contributed by atoms with Crippen LogP contribution < -0.4 is 4.72 Å². The molecule has 2 rings (SSSR count). The van der Waals surface area contributed by atoms with Crippen LogP contribution in [-0.2, 0) is 16.6 Å². The van der Waals surface area contributed by atoms with Crippen LogP contribution in [0.3, 0.4) is 0 Å². The summed E-state index contributed by atoms with van der Waals surface area (Å²) in [5.74, 6) is 0.949. The van der Waals surface area contributed by atoms with Gasteiger partial charge in [-0.1, -0.05) is 18.2 Å². The summed E-state index contributed by atoms with van der Waals surface area (Å²) in [5, 5.41) is 0. The summed E-state index contributed by atoms with van der Waals surface area (Å²) in [6.45, 7) is 3.81. The summed E-state index contributed by atoms with van der Waals surface area (Å²) in [4.78, 5) is 4.18. The molecule has 1 aromatic carbocycles. The topological polar surface area (TPSA) is 64.0 Å². The fraction of sp³-hybridized carbons (Fsp3) is 0.308. The third-order valence-corrected chi connectivity index (χ3v) is 4.28. The number of sulfonamides is 1. The quantitative estimate of drug-likeness (QED) is 0.904. The van der Waals surface area contributed by atoms with E-state index in [9.17, 15) is 8.42 Å². The van der Waals surface area contributed by atoms with Crippen LogP contribution in [0.25, 0.3) is 5.69 Å². The fourth-order valence-electron chi connectivity index (χ4n) is 1.82. The average molecular weight is 279 g/mol. The van der Waals surface area contributed by atoms with Crippen molar-refractivity contribution in [1.29, 1.82) is 0 Å². The highest BCUT2D eigenvalue weighted by molar-refractivity contribution is 7.89. The second kappa shape index (κ2) is 5.54. The third kappa shape index (κ3) is 3.21. The van der Waals surface area contributed by atoms with Gasteiger partial charge in [-0.2, -0.15) is 0 Å². The predicted molar refractivity (Wildman–Crippen MR) is 74.6 cm³/mol. The zero-order valence-electron chi connectivity index (χ0n) is 11.0. The Bertz CT molecular complexity index is 662. The molecule has 0 spiro atoms. The molecule has 0 bridgehead atoms. The first kappa shape index (κ1) is 13.8. The van der Waals surface area contributed by atoms with E-state index in [2.05, 4.69) is 9.71 Å². The molecule has 2 aromatic rings. The van der Waals surface area contributed by atoms with Crippen molar-refractivity contribution >= 4 is 10.0 Å². The second-order valence-electron chi connectivity index (χ2n) is 4.20. The average Bonchev–Trinajstić information content (AvgIpc) is 2.83. The molecule has 0 amide bonds. The number of aryl methyl sites for hydroxylation is 1. The van der Waals surface area contributed by atoms with Gasteiger partial charge in [-0.05, 0) is 25.5 Å². The number of hydrogen-bond donors (Lipinski definition) is 1. The van der Waals surface area contributed by atoms with E-state index in [1.165, 1.54) is 0 Å². The van der Waals surface area contributed by atoms with Gasteiger partial charge in [0.1, 0.15) is 5.82 Å². The van der Waals surface area contributed by atoms with Gasteiger partial charge in [0.15, 0.2) is 0 Å². The maximum atomic E-state index is 11.5. The minimum Gasteiger partial charge on any atom is -0.304 e. The maximum Gasteiger partial charge on any atom is 0.211 e. The number of nitrogens with one attached hydrogen (secondary N) is 1. The van der Waals surface area contributed by atoms with E-state index < -0.39 is 10.0 Å². The van der Waals surface area contributed by atoms with Gasteiger partial charge >= 0.3 is 0 Å². The van der Waals surface area contributed by atoms with Gasteiger partial charge in [0.2, 0.25) is 10.0 Å². The second-order valence-corrected chi connectivity index (χ2v) is 6.29. The van der Waals surface area contributed by atoms with Crippen molar-refractivity contribution in [2.45, 2.75) is 20.4 Å². The summed E-state index contributed by atoms with van der Waals surface area (Å²) in [6.07, 6.45) is 3.59. The first-order valence-electron chi connectivity index (χ1n) is 6.09. The van der Waals surface area contributed by atoms with Gasteiger partial charge in [-0.25, -0.2) is 18.1 Å². The van der Waals surface area contributed by atoms with Crippen molar-refractivity contribution in [3.63, 3.8) is 0 Å². The van der Waals surface area contributed by atoms with Crippen LogP contribution in [0.5, 0.6) is 0 Å². The summed E-state index contributed by atoms with van der Waals surface area (Å²) < 4.78 is 27.5. The number of rotatable bonds is 5. The predicted octanol–water partition coefficient (Wildman–Crippen LogP) is 1.62. The van der Waals surface area contributed by atoms with Crippen LogP contribution in [0.4, 0.5) is 0 Å². The van der Waals surface area contributed by atoms with E-state index >= 15 is 0 Å². The molecule has 0 fully saturated rings. The van der Waals surface area contributed by atoms with Crippen molar-refractivity contribution in [1.82, 2.24) is 14.3 Å². The van der Waals surface area contributed by atoms with Crippen molar-refractivity contribution in [2.24, 2.45) is 0 Å². The van der Waals surface area contributed by atoms with Gasteiger partial charge in [0.25, 0.3) is 0 Å². The Labute approximate surface area is 113 Å². The lowest BCUT2D eigenvalue weighted by atomic mass is 10.2. The van der Waals surface area contributed by atoms with Crippen molar-refractivity contribution in [2.75, 3.05) is 5.75 Å². The lowest BCUT2D eigenvalue weighted by Crippen LogP contribution is -2.25. The minimum atomic E-state index is -3.19. The van der Waals surface area contributed by atoms with E-state index in [0.717, 1.165) is 17.1 Å². The van der Waals surface area contributed by atoms with Crippen LogP contribution in [0.2, 0.25) is 0 Å². The van der Waals surface area contributed by atoms with E-state index in [-0.39, 0.29) is 12.3 Å². The standard InChI is InChI=1S/C13H17N3O2S/c1-3-19(17,18)15-10-12-6-4-5-7-13(12)16-9-8-14-11(16)2/h4-9,15H,3,10H2,1-2H3.